The number of fused-ring (bicyclic) bond motifs is 1. The van der Waals surface area contributed by atoms with Crippen LogP contribution in [0.3, 0.4) is 0 Å². The Morgan fingerprint density at radius 3 is 2.52 bits per heavy atom. The number of hydrogen-bond donors (Lipinski definition) is 1. The zero-order valence-corrected chi connectivity index (χ0v) is 19.3. The fourth-order valence-corrected chi connectivity index (χ4v) is 3.69. The number of rotatable bonds is 6. The van der Waals surface area contributed by atoms with E-state index >= 15 is 0 Å². The third kappa shape index (κ3) is 7.15. The molecule has 1 fully saturated rings. The van der Waals surface area contributed by atoms with Gasteiger partial charge in [0.2, 0.25) is 0 Å². The van der Waals surface area contributed by atoms with Crippen molar-refractivity contribution in [3.63, 3.8) is 0 Å². The minimum Gasteiger partial charge on any atom is -0.461 e. The lowest BCUT2D eigenvalue weighted by Gasteiger charge is -2.29. The second-order valence-electron chi connectivity index (χ2n) is 8.03. The van der Waals surface area contributed by atoms with Gasteiger partial charge in [0.15, 0.2) is 0 Å². The Morgan fingerprint density at radius 2 is 1.91 bits per heavy atom. The third-order valence-electron chi connectivity index (χ3n) is 5.43. The van der Waals surface area contributed by atoms with Crippen molar-refractivity contribution in [2.45, 2.75) is 58.8 Å². The first-order valence-electron chi connectivity index (χ1n) is 10.6. The first kappa shape index (κ1) is 26.1. The smallest absolute Gasteiger partial charge is 0.334 e. The second kappa shape index (κ2) is 11.6. The first-order valence-corrected chi connectivity index (χ1v) is 10.6. The van der Waals surface area contributed by atoms with Gasteiger partial charge in [-0.05, 0) is 37.1 Å². The molecule has 33 heavy (non-hydrogen) atoms. The van der Waals surface area contributed by atoms with E-state index in [4.69, 9.17) is 24.1 Å². The summed E-state index contributed by atoms with van der Waals surface area (Å²) in [5.41, 5.74) is 1.61. The van der Waals surface area contributed by atoms with Crippen LogP contribution in [0.5, 0.6) is 0 Å². The highest BCUT2D eigenvalue weighted by Gasteiger charge is 2.45. The molecule has 1 saturated heterocycles. The zero-order valence-electron chi connectivity index (χ0n) is 19.3. The van der Waals surface area contributed by atoms with Crippen molar-refractivity contribution in [2.75, 3.05) is 13.2 Å². The van der Waals surface area contributed by atoms with Gasteiger partial charge in [0.25, 0.3) is 0 Å². The molecule has 2 rings (SSSR count). The number of aliphatic hydroxyl groups is 1. The maximum atomic E-state index is 12.6. The second-order valence-corrected chi connectivity index (χ2v) is 8.03. The standard InChI is InChI=1S/C24H30O9/c1-13(8-9-25)23(28)32-21-11-18(12-30-16(4)26)6-7-19(31-17(5)27)14(2)10-20-22(21)15(3)24(29)33-20/h6,8,10,19-22,25H,3,7,9,11-12H2,1-2,4-5H3/b13-8+,14-10-,18-6+/t19-,20-,21+,22-/m0/s1. The summed E-state index contributed by atoms with van der Waals surface area (Å²) in [6.45, 7) is 9.26. The molecular weight excluding hydrogens is 432 g/mol. The number of ether oxygens (including phenoxy) is 4. The molecule has 1 aliphatic carbocycles. The highest BCUT2D eigenvalue weighted by Crippen LogP contribution is 2.37. The summed E-state index contributed by atoms with van der Waals surface area (Å²) in [7, 11) is 0. The van der Waals surface area contributed by atoms with Gasteiger partial charge in [-0.3, -0.25) is 9.59 Å². The number of carbonyl (C=O) groups excluding carboxylic acids is 4. The Balaban J connectivity index is 2.50. The maximum absolute atomic E-state index is 12.6. The Hall–Kier alpha value is -3.20. The molecule has 0 aromatic rings. The summed E-state index contributed by atoms with van der Waals surface area (Å²) in [6.07, 6.45) is 2.90. The fraction of sp³-hybridized carbons (Fsp3) is 0.500. The van der Waals surface area contributed by atoms with Crippen LogP contribution in [0.4, 0.5) is 0 Å². The Morgan fingerprint density at radius 1 is 1.21 bits per heavy atom. The molecule has 0 unspecified atom stereocenters. The van der Waals surface area contributed by atoms with E-state index in [0.29, 0.717) is 11.1 Å². The van der Waals surface area contributed by atoms with Gasteiger partial charge < -0.3 is 24.1 Å². The number of hydrogen-bond acceptors (Lipinski definition) is 9. The van der Waals surface area contributed by atoms with Gasteiger partial charge in [-0.25, -0.2) is 9.59 Å². The minimum atomic E-state index is -0.861. The van der Waals surface area contributed by atoms with Crippen LogP contribution in [-0.4, -0.2) is 60.5 Å². The predicted octanol–water partition coefficient (Wildman–Crippen LogP) is 2.10. The SMILES string of the molecule is C=C1C(=O)O[C@H]2/C=C(/C)[C@@H](OC(C)=O)C/C=C(/COC(C)=O)C[C@@H](OC(=O)/C(C)=C/CO)[C@@H]12. The highest BCUT2D eigenvalue weighted by molar-refractivity contribution is 5.92. The van der Waals surface area contributed by atoms with Crippen LogP contribution in [0.15, 0.2) is 47.1 Å². The molecule has 1 heterocycles. The van der Waals surface area contributed by atoms with E-state index in [9.17, 15) is 19.2 Å². The highest BCUT2D eigenvalue weighted by atomic mass is 16.6. The van der Waals surface area contributed by atoms with Gasteiger partial charge >= 0.3 is 23.9 Å². The Labute approximate surface area is 192 Å². The van der Waals surface area contributed by atoms with E-state index < -0.39 is 48.1 Å². The molecule has 0 spiro atoms. The monoisotopic (exact) mass is 462 g/mol. The Kier molecular flexibility index (Phi) is 9.16. The number of carbonyl (C=O) groups is 4. The summed E-state index contributed by atoms with van der Waals surface area (Å²) in [5, 5.41) is 9.09. The molecule has 180 valence electrons. The lowest BCUT2D eigenvalue weighted by Crippen LogP contribution is -2.35. The van der Waals surface area contributed by atoms with Crippen LogP contribution in [0.1, 0.15) is 40.5 Å². The van der Waals surface area contributed by atoms with Crippen molar-refractivity contribution < 1.29 is 43.2 Å². The van der Waals surface area contributed by atoms with Crippen molar-refractivity contribution >= 4 is 23.9 Å². The molecule has 1 N–H and O–H groups in total. The van der Waals surface area contributed by atoms with E-state index in [1.54, 1.807) is 19.1 Å². The minimum absolute atomic E-state index is 0.0664. The van der Waals surface area contributed by atoms with E-state index in [-0.39, 0.29) is 37.2 Å². The summed E-state index contributed by atoms with van der Waals surface area (Å²) in [4.78, 5) is 48.0. The molecule has 9 nitrogen and oxygen atoms in total. The van der Waals surface area contributed by atoms with E-state index in [2.05, 4.69) is 6.58 Å². The quantitative estimate of drug-likeness (QED) is 0.273. The normalized spacial score (nSPS) is 28.9. The molecule has 9 heteroatoms. The van der Waals surface area contributed by atoms with Gasteiger partial charge in [-0.15, -0.1) is 0 Å². The van der Waals surface area contributed by atoms with Crippen LogP contribution in [0.2, 0.25) is 0 Å². The lowest BCUT2D eigenvalue weighted by atomic mass is 9.85. The van der Waals surface area contributed by atoms with Gasteiger partial charge in [-0.2, -0.15) is 0 Å². The van der Waals surface area contributed by atoms with Crippen LogP contribution < -0.4 is 0 Å². The summed E-state index contributed by atoms with van der Waals surface area (Å²) < 4.78 is 21.8. The summed E-state index contributed by atoms with van der Waals surface area (Å²) in [6, 6.07) is 0. The molecule has 0 radical (unpaired) electrons. The molecule has 0 aromatic carbocycles. The zero-order chi connectivity index (χ0) is 24.7. The first-order chi connectivity index (χ1) is 15.5. The molecule has 0 amide bonds. The largest absolute Gasteiger partial charge is 0.461 e. The number of aliphatic hydroxyl groups excluding tert-OH is 1. The van der Waals surface area contributed by atoms with E-state index in [1.807, 2.05) is 0 Å². The van der Waals surface area contributed by atoms with Gasteiger partial charge in [0, 0.05) is 37.8 Å². The maximum Gasteiger partial charge on any atom is 0.334 e. The lowest BCUT2D eigenvalue weighted by molar-refractivity contribution is -0.148. The molecule has 0 bridgehead atoms. The van der Waals surface area contributed by atoms with E-state index in [0.717, 1.165) is 0 Å². The van der Waals surface area contributed by atoms with Crippen LogP contribution in [0.25, 0.3) is 0 Å². The average Bonchev–Trinajstić information content (AvgIpc) is 3.00. The molecular formula is C24H30O9. The van der Waals surface area contributed by atoms with Crippen molar-refractivity contribution in [1.29, 1.82) is 0 Å². The summed E-state index contributed by atoms with van der Waals surface area (Å²) in [5.74, 6) is -2.95. The summed E-state index contributed by atoms with van der Waals surface area (Å²) >= 11 is 0. The molecule has 2 aliphatic rings. The Bertz CT molecular complexity index is 909. The molecule has 4 atom stereocenters. The molecule has 0 aromatic heterocycles. The van der Waals surface area contributed by atoms with Crippen LogP contribution >= 0.6 is 0 Å². The van der Waals surface area contributed by atoms with E-state index in [1.165, 1.54) is 26.8 Å². The van der Waals surface area contributed by atoms with Crippen LogP contribution in [0, 0.1) is 5.92 Å². The van der Waals surface area contributed by atoms with Crippen molar-refractivity contribution in [1.82, 2.24) is 0 Å². The van der Waals surface area contributed by atoms with Crippen molar-refractivity contribution in [2.24, 2.45) is 5.92 Å². The molecule has 1 aliphatic heterocycles. The van der Waals surface area contributed by atoms with Crippen LogP contribution in [-0.2, 0) is 38.1 Å². The van der Waals surface area contributed by atoms with Gasteiger partial charge in [0.05, 0.1) is 12.5 Å². The number of esters is 4. The molecule has 0 saturated carbocycles. The van der Waals surface area contributed by atoms with Gasteiger partial charge in [-0.1, -0.05) is 12.7 Å². The fourth-order valence-electron chi connectivity index (χ4n) is 3.69. The predicted molar refractivity (Wildman–Crippen MR) is 116 cm³/mol. The van der Waals surface area contributed by atoms with Gasteiger partial charge in [0.1, 0.15) is 24.9 Å². The topological polar surface area (TPSA) is 125 Å². The van der Waals surface area contributed by atoms with Crippen molar-refractivity contribution in [3.8, 4) is 0 Å². The average molecular weight is 462 g/mol. The van der Waals surface area contributed by atoms with Crippen molar-refractivity contribution in [3.05, 3.63) is 47.1 Å². The third-order valence-corrected chi connectivity index (χ3v) is 5.43.